The second-order valence-electron chi connectivity index (χ2n) is 5.32. The zero-order valence-electron chi connectivity index (χ0n) is 12.6. The second-order valence-corrected chi connectivity index (χ2v) is 5.32. The lowest BCUT2D eigenvalue weighted by Gasteiger charge is -2.26. The molecule has 0 spiro atoms. The molecule has 1 aromatic carbocycles. The van der Waals surface area contributed by atoms with E-state index in [4.69, 9.17) is 5.73 Å². The molecule has 0 saturated heterocycles. The van der Waals surface area contributed by atoms with Crippen molar-refractivity contribution in [2.24, 2.45) is 0 Å². The lowest BCUT2D eigenvalue weighted by Crippen LogP contribution is -2.28. The van der Waals surface area contributed by atoms with Crippen LogP contribution in [0, 0.1) is 0 Å². The summed E-state index contributed by atoms with van der Waals surface area (Å²) >= 11 is 0. The van der Waals surface area contributed by atoms with Crippen LogP contribution in [0.25, 0.3) is 10.9 Å². The fraction of sp³-hybridized carbons (Fsp3) is 0.438. The summed E-state index contributed by atoms with van der Waals surface area (Å²) in [6.45, 7) is 5.21. The van der Waals surface area contributed by atoms with E-state index in [1.807, 2.05) is 18.2 Å². The van der Waals surface area contributed by atoms with Crippen LogP contribution in [0.1, 0.15) is 13.3 Å². The van der Waals surface area contributed by atoms with Crippen molar-refractivity contribution in [2.75, 3.05) is 44.4 Å². The monoisotopic (exact) mass is 272 g/mol. The molecule has 0 aliphatic rings. The Morgan fingerprint density at radius 1 is 1.15 bits per heavy atom. The minimum atomic E-state index is 0.760. The van der Waals surface area contributed by atoms with Gasteiger partial charge in [0.15, 0.2) is 0 Å². The minimum Gasteiger partial charge on any atom is -0.396 e. The SMILES string of the molecule is CCN(CCCN(C)C)c1c(N)cnc2ccccc12. The Morgan fingerprint density at radius 3 is 2.60 bits per heavy atom. The topological polar surface area (TPSA) is 45.4 Å². The van der Waals surface area contributed by atoms with Crippen LogP contribution in [0.2, 0.25) is 0 Å². The van der Waals surface area contributed by atoms with Crippen molar-refractivity contribution in [2.45, 2.75) is 13.3 Å². The molecule has 0 radical (unpaired) electrons. The summed E-state index contributed by atoms with van der Waals surface area (Å²) in [6.07, 6.45) is 2.89. The van der Waals surface area contributed by atoms with Crippen molar-refractivity contribution < 1.29 is 0 Å². The molecule has 0 atom stereocenters. The van der Waals surface area contributed by atoms with Gasteiger partial charge in [0.2, 0.25) is 0 Å². The van der Waals surface area contributed by atoms with Crippen molar-refractivity contribution in [1.82, 2.24) is 9.88 Å². The van der Waals surface area contributed by atoms with E-state index in [-0.39, 0.29) is 0 Å². The van der Waals surface area contributed by atoms with Crippen molar-refractivity contribution in [1.29, 1.82) is 0 Å². The first kappa shape index (κ1) is 14.6. The highest BCUT2D eigenvalue weighted by molar-refractivity contribution is 5.97. The minimum absolute atomic E-state index is 0.760. The summed E-state index contributed by atoms with van der Waals surface area (Å²) in [6, 6.07) is 8.19. The standard InChI is InChI=1S/C16H24N4/c1-4-20(11-7-10-19(2)3)16-13-8-5-6-9-15(13)18-12-14(16)17/h5-6,8-9,12H,4,7,10-11,17H2,1-3H3. The molecular weight excluding hydrogens is 248 g/mol. The number of nitrogens with two attached hydrogens (primary N) is 1. The average Bonchev–Trinajstić information content (AvgIpc) is 2.44. The number of nitrogens with zero attached hydrogens (tertiary/aromatic N) is 3. The Hall–Kier alpha value is -1.81. The molecule has 108 valence electrons. The van der Waals surface area contributed by atoms with Gasteiger partial charge in [-0.2, -0.15) is 0 Å². The normalized spacial score (nSPS) is 11.2. The van der Waals surface area contributed by atoms with Crippen LogP contribution in [0.3, 0.4) is 0 Å². The molecule has 2 rings (SSSR count). The zero-order valence-corrected chi connectivity index (χ0v) is 12.6. The summed E-state index contributed by atoms with van der Waals surface area (Å²) in [4.78, 5) is 8.97. The maximum Gasteiger partial charge on any atom is 0.0745 e. The molecule has 0 aliphatic heterocycles. The van der Waals surface area contributed by atoms with Gasteiger partial charge in [-0.15, -0.1) is 0 Å². The predicted molar refractivity (Wildman–Crippen MR) is 87.2 cm³/mol. The third-order valence-electron chi connectivity index (χ3n) is 3.51. The molecule has 0 bridgehead atoms. The van der Waals surface area contributed by atoms with E-state index in [1.54, 1.807) is 6.20 Å². The molecule has 0 saturated carbocycles. The number of anilines is 2. The number of fused-ring (bicyclic) bond motifs is 1. The number of benzene rings is 1. The number of hydrogen-bond acceptors (Lipinski definition) is 4. The largest absolute Gasteiger partial charge is 0.396 e. The number of hydrogen-bond donors (Lipinski definition) is 1. The first-order valence-corrected chi connectivity index (χ1v) is 7.16. The van der Waals surface area contributed by atoms with E-state index < -0.39 is 0 Å². The Bertz CT molecular complexity index is 565. The summed E-state index contributed by atoms with van der Waals surface area (Å²) in [5.74, 6) is 0. The molecule has 0 amide bonds. The Labute approximate surface area is 121 Å². The summed E-state index contributed by atoms with van der Waals surface area (Å²) in [5, 5.41) is 1.14. The molecular formula is C16H24N4. The van der Waals surface area contributed by atoms with Gasteiger partial charge in [-0.1, -0.05) is 18.2 Å². The van der Waals surface area contributed by atoms with Crippen LogP contribution in [0.5, 0.6) is 0 Å². The first-order valence-electron chi connectivity index (χ1n) is 7.16. The van der Waals surface area contributed by atoms with Crippen molar-refractivity contribution in [3.8, 4) is 0 Å². The van der Waals surface area contributed by atoms with Gasteiger partial charge in [-0.05, 0) is 40.1 Å². The van der Waals surface area contributed by atoms with E-state index in [1.165, 1.54) is 0 Å². The maximum atomic E-state index is 6.18. The average molecular weight is 272 g/mol. The van der Waals surface area contributed by atoms with Gasteiger partial charge in [0.25, 0.3) is 0 Å². The molecule has 2 N–H and O–H groups in total. The van der Waals surface area contributed by atoms with E-state index in [0.29, 0.717) is 0 Å². The second kappa shape index (κ2) is 6.57. The van der Waals surface area contributed by atoms with Crippen LogP contribution >= 0.6 is 0 Å². The van der Waals surface area contributed by atoms with Crippen LogP contribution < -0.4 is 10.6 Å². The highest BCUT2D eigenvalue weighted by Gasteiger charge is 2.12. The van der Waals surface area contributed by atoms with Crippen molar-refractivity contribution >= 4 is 22.3 Å². The van der Waals surface area contributed by atoms with Gasteiger partial charge >= 0.3 is 0 Å². The van der Waals surface area contributed by atoms with Gasteiger partial charge in [-0.25, -0.2) is 0 Å². The maximum absolute atomic E-state index is 6.18. The summed E-state index contributed by atoms with van der Waals surface area (Å²) < 4.78 is 0. The van der Waals surface area contributed by atoms with Crippen molar-refractivity contribution in [3.05, 3.63) is 30.5 Å². The molecule has 1 aromatic heterocycles. The molecule has 4 nitrogen and oxygen atoms in total. The third kappa shape index (κ3) is 3.20. The molecule has 0 unspecified atom stereocenters. The highest BCUT2D eigenvalue weighted by atomic mass is 15.1. The summed E-state index contributed by atoms with van der Waals surface area (Å²) in [7, 11) is 4.21. The summed E-state index contributed by atoms with van der Waals surface area (Å²) in [5.41, 5.74) is 9.06. The fourth-order valence-electron chi connectivity index (χ4n) is 2.50. The Balaban J connectivity index is 2.31. The van der Waals surface area contributed by atoms with Crippen LogP contribution in [0.4, 0.5) is 11.4 Å². The smallest absolute Gasteiger partial charge is 0.0745 e. The van der Waals surface area contributed by atoms with Gasteiger partial charge < -0.3 is 15.5 Å². The fourth-order valence-corrected chi connectivity index (χ4v) is 2.50. The third-order valence-corrected chi connectivity index (χ3v) is 3.51. The number of pyridine rings is 1. The molecule has 20 heavy (non-hydrogen) atoms. The van der Waals surface area contributed by atoms with Crippen LogP contribution in [0.15, 0.2) is 30.5 Å². The molecule has 4 heteroatoms. The van der Waals surface area contributed by atoms with E-state index in [9.17, 15) is 0 Å². The molecule has 0 aliphatic carbocycles. The number of para-hydroxylation sites is 1. The van der Waals surface area contributed by atoms with Gasteiger partial charge in [0, 0.05) is 18.5 Å². The van der Waals surface area contributed by atoms with Crippen LogP contribution in [-0.2, 0) is 0 Å². The van der Waals surface area contributed by atoms with E-state index in [2.05, 4.69) is 41.9 Å². The van der Waals surface area contributed by atoms with Crippen molar-refractivity contribution in [3.63, 3.8) is 0 Å². The molecule has 2 aromatic rings. The quantitative estimate of drug-likeness (QED) is 0.878. The molecule has 0 fully saturated rings. The van der Waals surface area contributed by atoms with Gasteiger partial charge in [0.05, 0.1) is 23.1 Å². The van der Waals surface area contributed by atoms with E-state index >= 15 is 0 Å². The predicted octanol–water partition coefficient (Wildman–Crippen LogP) is 2.60. The highest BCUT2D eigenvalue weighted by Crippen LogP contribution is 2.31. The van der Waals surface area contributed by atoms with E-state index in [0.717, 1.165) is 48.3 Å². The van der Waals surface area contributed by atoms with Gasteiger partial charge in [0.1, 0.15) is 0 Å². The lowest BCUT2D eigenvalue weighted by atomic mass is 10.1. The Morgan fingerprint density at radius 2 is 1.90 bits per heavy atom. The molecule has 1 heterocycles. The van der Waals surface area contributed by atoms with Gasteiger partial charge in [-0.3, -0.25) is 4.98 Å². The number of nitrogen functional groups attached to an aromatic ring is 1. The Kier molecular flexibility index (Phi) is 4.79. The van der Waals surface area contributed by atoms with Crippen LogP contribution in [-0.4, -0.2) is 43.6 Å². The first-order chi connectivity index (χ1) is 9.63. The lowest BCUT2D eigenvalue weighted by molar-refractivity contribution is 0.401. The number of aromatic nitrogens is 1. The zero-order chi connectivity index (χ0) is 14.5. The number of rotatable bonds is 6.